The molecule has 2 aromatic carbocycles. The molecule has 0 spiro atoms. The Labute approximate surface area is 138 Å². The van der Waals surface area contributed by atoms with Crippen molar-refractivity contribution in [1.82, 2.24) is 4.90 Å². The van der Waals surface area contributed by atoms with Gasteiger partial charge in [-0.1, -0.05) is 51.1 Å². The van der Waals surface area contributed by atoms with Crippen LogP contribution < -0.4 is 0 Å². The van der Waals surface area contributed by atoms with Gasteiger partial charge in [0.15, 0.2) is 0 Å². The molecule has 2 rings (SSSR count). The van der Waals surface area contributed by atoms with Gasteiger partial charge in [0.2, 0.25) is 5.91 Å². The average molecular weight is 311 g/mol. The number of benzene rings is 2. The Morgan fingerprint density at radius 1 is 1.04 bits per heavy atom. The molecule has 0 bridgehead atoms. The Kier molecular flexibility index (Phi) is 4.79. The summed E-state index contributed by atoms with van der Waals surface area (Å²) in [6, 6.07) is 13.5. The predicted octanol–water partition coefficient (Wildman–Crippen LogP) is 3.99. The highest BCUT2D eigenvalue weighted by molar-refractivity contribution is 5.79. The monoisotopic (exact) mass is 311 g/mol. The fourth-order valence-corrected chi connectivity index (χ4v) is 2.55. The summed E-state index contributed by atoms with van der Waals surface area (Å²) in [5.41, 5.74) is 4.39. The maximum atomic E-state index is 12.0. The lowest BCUT2D eigenvalue weighted by molar-refractivity contribution is -0.127. The fourth-order valence-electron chi connectivity index (χ4n) is 2.55. The normalized spacial score (nSPS) is 11.3. The van der Waals surface area contributed by atoms with E-state index in [9.17, 15) is 9.90 Å². The standard InChI is InChI=1S/C20H25NO2/c1-20(2,3)18-12-14(13-19(23)21(4)5)6-11-17(18)15-7-9-16(22)10-8-15/h6-12,22H,13H2,1-5H3. The van der Waals surface area contributed by atoms with Gasteiger partial charge >= 0.3 is 0 Å². The van der Waals surface area contributed by atoms with Crippen LogP contribution in [0.1, 0.15) is 31.9 Å². The molecule has 0 radical (unpaired) electrons. The van der Waals surface area contributed by atoms with Gasteiger partial charge in [-0.2, -0.15) is 0 Å². The second kappa shape index (κ2) is 6.45. The number of carbonyl (C=O) groups excluding carboxylic acids is 1. The largest absolute Gasteiger partial charge is 0.508 e. The Morgan fingerprint density at radius 3 is 2.17 bits per heavy atom. The summed E-state index contributed by atoms with van der Waals surface area (Å²) in [6.07, 6.45) is 0.409. The van der Waals surface area contributed by atoms with E-state index in [0.29, 0.717) is 6.42 Å². The summed E-state index contributed by atoms with van der Waals surface area (Å²) < 4.78 is 0. The van der Waals surface area contributed by atoms with Gasteiger partial charge in [-0.05, 0) is 39.8 Å². The number of hydrogen-bond donors (Lipinski definition) is 1. The number of hydrogen-bond acceptors (Lipinski definition) is 2. The molecule has 0 aliphatic heterocycles. The summed E-state index contributed by atoms with van der Waals surface area (Å²) in [6.45, 7) is 6.51. The van der Waals surface area contributed by atoms with Crippen molar-refractivity contribution in [2.24, 2.45) is 0 Å². The fraction of sp³-hybridized carbons (Fsp3) is 0.350. The average Bonchev–Trinajstić information content (AvgIpc) is 2.47. The molecule has 0 saturated carbocycles. The molecule has 122 valence electrons. The minimum atomic E-state index is -0.0373. The third-order valence-electron chi connectivity index (χ3n) is 3.92. The van der Waals surface area contributed by atoms with Gasteiger partial charge in [-0.3, -0.25) is 4.79 Å². The molecule has 0 unspecified atom stereocenters. The van der Waals surface area contributed by atoms with E-state index in [-0.39, 0.29) is 17.1 Å². The third-order valence-corrected chi connectivity index (χ3v) is 3.92. The van der Waals surface area contributed by atoms with Crippen molar-refractivity contribution in [3.63, 3.8) is 0 Å². The maximum absolute atomic E-state index is 12.0. The highest BCUT2D eigenvalue weighted by Crippen LogP contribution is 2.34. The van der Waals surface area contributed by atoms with Crippen molar-refractivity contribution in [2.75, 3.05) is 14.1 Å². The molecule has 0 aromatic heterocycles. The maximum Gasteiger partial charge on any atom is 0.226 e. The zero-order chi connectivity index (χ0) is 17.2. The van der Waals surface area contributed by atoms with Crippen LogP contribution in [-0.2, 0) is 16.6 Å². The van der Waals surface area contributed by atoms with Gasteiger partial charge in [0.25, 0.3) is 0 Å². The zero-order valence-corrected chi connectivity index (χ0v) is 14.6. The molecular weight excluding hydrogens is 286 g/mol. The van der Waals surface area contributed by atoms with Gasteiger partial charge in [0.05, 0.1) is 6.42 Å². The highest BCUT2D eigenvalue weighted by atomic mass is 16.3. The van der Waals surface area contributed by atoms with E-state index in [1.807, 2.05) is 18.2 Å². The number of phenols is 1. The van der Waals surface area contributed by atoms with Crippen LogP contribution in [-0.4, -0.2) is 30.0 Å². The van der Waals surface area contributed by atoms with Crippen LogP contribution in [0, 0.1) is 0 Å². The topological polar surface area (TPSA) is 40.5 Å². The number of aromatic hydroxyl groups is 1. The lowest BCUT2D eigenvalue weighted by Gasteiger charge is -2.24. The van der Waals surface area contributed by atoms with Gasteiger partial charge in [0, 0.05) is 14.1 Å². The van der Waals surface area contributed by atoms with Crippen molar-refractivity contribution < 1.29 is 9.90 Å². The van der Waals surface area contributed by atoms with Gasteiger partial charge < -0.3 is 10.0 Å². The lowest BCUT2D eigenvalue weighted by atomic mass is 9.80. The van der Waals surface area contributed by atoms with Crippen molar-refractivity contribution in [3.05, 3.63) is 53.6 Å². The second-order valence-corrected chi connectivity index (χ2v) is 7.14. The molecule has 0 heterocycles. The van der Waals surface area contributed by atoms with E-state index in [0.717, 1.165) is 16.7 Å². The molecule has 0 saturated heterocycles. The van der Waals surface area contributed by atoms with Crippen LogP contribution in [0.3, 0.4) is 0 Å². The number of rotatable bonds is 3. The van der Waals surface area contributed by atoms with Gasteiger partial charge in [-0.25, -0.2) is 0 Å². The molecule has 3 heteroatoms. The van der Waals surface area contributed by atoms with E-state index >= 15 is 0 Å². The van der Waals surface area contributed by atoms with Crippen LogP contribution in [0.15, 0.2) is 42.5 Å². The summed E-state index contributed by atoms with van der Waals surface area (Å²) in [4.78, 5) is 13.6. The van der Waals surface area contributed by atoms with Gasteiger partial charge in [-0.15, -0.1) is 0 Å². The van der Waals surface area contributed by atoms with Crippen molar-refractivity contribution in [2.45, 2.75) is 32.6 Å². The third kappa shape index (κ3) is 4.13. The van der Waals surface area contributed by atoms with E-state index in [1.165, 1.54) is 5.56 Å². The molecule has 23 heavy (non-hydrogen) atoms. The first kappa shape index (κ1) is 17.1. The molecule has 1 N–H and O–H groups in total. The number of amides is 1. The van der Waals surface area contributed by atoms with Crippen molar-refractivity contribution >= 4 is 5.91 Å². The van der Waals surface area contributed by atoms with E-state index < -0.39 is 0 Å². The molecule has 0 aliphatic rings. The number of likely N-dealkylation sites (N-methyl/N-ethyl adjacent to an activating group) is 1. The quantitative estimate of drug-likeness (QED) is 0.931. The van der Waals surface area contributed by atoms with Crippen molar-refractivity contribution in [3.8, 4) is 16.9 Å². The molecule has 2 aromatic rings. The SMILES string of the molecule is CN(C)C(=O)Cc1ccc(-c2ccc(O)cc2)c(C(C)(C)C)c1. The van der Waals surface area contributed by atoms with Crippen LogP contribution in [0.2, 0.25) is 0 Å². The number of phenolic OH excluding ortho intramolecular Hbond substituents is 1. The summed E-state index contributed by atoms with van der Waals surface area (Å²) in [7, 11) is 3.55. The smallest absolute Gasteiger partial charge is 0.226 e. The first-order chi connectivity index (χ1) is 10.7. The van der Waals surface area contributed by atoms with E-state index in [1.54, 1.807) is 31.1 Å². The zero-order valence-electron chi connectivity index (χ0n) is 14.6. The molecule has 0 aliphatic carbocycles. The van der Waals surface area contributed by atoms with Crippen molar-refractivity contribution in [1.29, 1.82) is 0 Å². The summed E-state index contributed by atoms with van der Waals surface area (Å²) >= 11 is 0. The Bertz CT molecular complexity index is 695. The predicted molar refractivity (Wildman–Crippen MR) is 94.6 cm³/mol. The number of carbonyl (C=O) groups is 1. The first-order valence-electron chi connectivity index (χ1n) is 7.81. The van der Waals surface area contributed by atoms with Crippen LogP contribution in [0.5, 0.6) is 5.75 Å². The molecule has 1 amide bonds. The van der Waals surface area contributed by atoms with Crippen LogP contribution in [0.25, 0.3) is 11.1 Å². The lowest BCUT2D eigenvalue weighted by Crippen LogP contribution is -2.23. The molecular formula is C20H25NO2. The minimum Gasteiger partial charge on any atom is -0.508 e. The van der Waals surface area contributed by atoms with E-state index in [2.05, 4.69) is 32.9 Å². The second-order valence-electron chi connectivity index (χ2n) is 7.14. The Morgan fingerprint density at radius 2 is 1.65 bits per heavy atom. The summed E-state index contributed by atoms with van der Waals surface area (Å²) in [5, 5.41) is 9.49. The molecule has 3 nitrogen and oxygen atoms in total. The van der Waals surface area contributed by atoms with Gasteiger partial charge in [0.1, 0.15) is 5.75 Å². The first-order valence-corrected chi connectivity index (χ1v) is 7.81. The van der Waals surface area contributed by atoms with Crippen LogP contribution in [0.4, 0.5) is 0 Å². The summed E-state index contributed by atoms with van der Waals surface area (Å²) in [5.74, 6) is 0.363. The Hall–Kier alpha value is -2.29. The Balaban J connectivity index is 2.47. The highest BCUT2D eigenvalue weighted by Gasteiger charge is 2.20. The number of nitrogens with zero attached hydrogens (tertiary/aromatic N) is 1. The molecule has 0 atom stereocenters. The van der Waals surface area contributed by atoms with E-state index in [4.69, 9.17) is 0 Å². The molecule has 0 fully saturated rings. The van der Waals surface area contributed by atoms with Crippen LogP contribution >= 0.6 is 0 Å². The minimum absolute atomic E-state index is 0.0373.